The summed E-state index contributed by atoms with van der Waals surface area (Å²) in [6, 6.07) is 7.51. The molecule has 2 aromatic carbocycles. The zero-order valence-corrected chi connectivity index (χ0v) is 15.7. The fourth-order valence-electron chi connectivity index (χ4n) is 2.26. The third kappa shape index (κ3) is 4.97. The van der Waals surface area contributed by atoms with Gasteiger partial charge in [0, 0.05) is 29.6 Å². The van der Waals surface area contributed by atoms with E-state index < -0.39 is 26.5 Å². The molecule has 0 spiro atoms. The van der Waals surface area contributed by atoms with Crippen molar-refractivity contribution in [2.75, 3.05) is 18.3 Å². The molecule has 2 rings (SSSR count). The quantitative estimate of drug-likeness (QED) is 0.361. The summed E-state index contributed by atoms with van der Waals surface area (Å²) < 4.78 is 37.0. The number of amides is 1. The Bertz CT molecular complexity index is 972. The number of phenols is 1. The first-order chi connectivity index (χ1) is 12.7. The van der Waals surface area contributed by atoms with Crippen LogP contribution in [0, 0.1) is 0 Å². The average Bonchev–Trinajstić information content (AvgIpc) is 2.60. The van der Waals surface area contributed by atoms with Crippen molar-refractivity contribution in [3.8, 4) is 11.5 Å². The predicted molar refractivity (Wildman–Crippen MR) is 98.3 cm³/mol. The second kappa shape index (κ2) is 8.38. The fraction of sp³-hybridized carbons (Fsp3) is 0.176. The van der Waals surface area contributed by atoms with Crippen molar-refractivity contribution < 1.29 is 32.4 Å². The maximum atomic E-state index is 12.6. The van der Waals surface area contributed by atoms with Crippen LogP contribution in [0.25, 0.3) is 0 Å². The molecule has 0 unspecified atom stereocenters. The van der Waals surface area contributed by atoms with Gasteiger partial charge in [0.1, 0.15) is 16.4 Å². The molecule has 1 amide bonds. The summed E-state index contributed by atoms with van der Waals surface area (Å²) in [4.78, 5) is 23.5. The van der Waals surface area contributed by atoms with Crippen LogP contribution in [-0.2, 0) is 14.9 Å². The Morgan fingerprint density at radius 1 is 1.19 bits per heavy atom. The molecule has 0 aliphatic rings. The molecule has 3 N–H and O–H groups in total. The lowest BCUT2D eigenvalue weighted by Crippen LogP contribution is -2.12. The van der Waals surface area contributed by atoms with E-state index in [1.54, 1.807) is 0 Å². The van der Waals surface area contributed by atoms with E-state index in [2.05, 4.69) is 5.32 Å². The van der Waals surface area contributed by atoms with Crippen LogP contribution < -0.4 is 10.1 Å². The van der Waals surface area contributed by atoms with Crippen LogP contribution in [0.4, 0.5) is 5.69 Å². The van der Waals surface area contributed by atoms with Crippen molar-refractivity contribution in [2.45, 2.75) is 11.3 Å². The second-order valence-electron chi connectivity index (χ2n) is 5.39. The summed E-state index contributed by atoms with van der Waals surface area (Å²) >= 11 is 5.48. The lowest BCUT2D eigenvalue weighted by Gasteiger charge is -2.11. The van der Waals surface area contributed by atoms with Crippen molar-refractivity contribution in [2.24, 2.45) is 0 Å². The van der Waals surface area contributed by atoms with Crippen LogP contribution in [0.2, 0.25) is 0 Å². The highest BCUT2D eigenvalue weighted by atomic mass is 35.5. The van der Waals surface area contributed by atoms with Crippen LogP contribution in [0.15, 0.2) is 41.3 Å². The number of nitrogens with one attached hydrogen (secondary N) is 1. The molecule has 2 aromatic rings. The smallest absolute Gasteiger partial charge is 0.298 e. The SMILES string of the molecule is COc1cc(O)c(C(=O)c2ccc(NC(=O)CCCl)cc2)cc1S(=O)(=O)O. The number of alkyl halides is 1. The Hall–Kier alpha value is -2.62. The minimum Gasteiger partial charge on any atom is -0.507 e. The number of carbonyl (C=O) groups excluding carboxylic acids is 2. The molecule has 0 aromatic heterocycles. The molecular weight excluding hydrogens is 398 g/mol. The molecule has 0 fully saturated rings. The van der Waals surface area contributed by atoms with E-state index in [9.17, 15) is 27.7 Å². The monoisotopic (exact) mass is 413 g/mol. The van der Waals surface area contributed by atoms with Gasteiger partial charge in [0.25, 0.3) is 10.1 Å². The highest BCUT2D eigenvalue weighted by Crippen LogP contribution is 2.32. The molecule has 0 atom stereocenters. The molecule has 0 saturated carbocycles. The fourth-order valence-corrected chi connectivity index (χ4v) is 3.10. The Kier molecular flexibility index (Phi) is 6.42. The normalized spacial score (nSPS) is 11.1. The van der Waals surface area contributed by atoms with Gasteiger partial charge in [0.05, 0.1) is 12.7 Å². The Morgan fingerprint density at radius 3 is 2.33 bits per heavy atom. The zero-order chi connectivity index (χ0) is 20.2. The van der Waals surface area contributed by atoms with Gasteiger partial charge in [-0.1, -0.05) is 0 Å². The van der Waals surface area contributed by atoms with Gasteiger partial charge in [0.15, 0.2) is 5.78 Å². The van der Waals surface area contributed by atoms with Crippen molar-refractivity contribution in [1.82, 2.24) is 0 Å². The van der Waals surface area contributed by atoms with Crippen molar-refractivity contribution >= 4 is 39.1 Å². The topological polar surface area (TPSA) is 130 Å². The summed E-state index contributed by atoms with van der Waals surface area (Å²) in [6.45, 7) is 0. The molecule has 0 heterocycles. The number of methoxy groups -OCH3 is 1. The van der Waals surface area contributed by atoms with Gasteiger partial charge in [-0.15, -0.1) is 11.6 Å². The van der Waals surface area contributed by atoms with Crippen LogP contribution in [-0.4, -0.2) is 42.8 Å². The number of anilines is 1. The molecule has 0 radical (unpaired) electrons. The van der Waals surface area contributed by atoms with E-state index >= 15 is 0 Å². The first kappa shape index (κ1) is 20.7. The van der Waals surface area contributed by atoms with Gasteiger partial charge in [-0.3, -0.25) is 14.1 Å². The number of rotatable bonds is 7. The minimum absolute atomic E-state index is 0.132. The van der Waals surface area contributed by atoms with Gasteiger partial charge in [0.2, 0.25) is 5.91 Å². The summed E-state index contributed by atoms with van der Waals surface area (Å²) in [5.74, 6) is -1.60. The maximum Gasteiger partial charge on any atom is 0.298 e. The molecule has 0 aliphatic carbocycles. The Labute approximate surface area is 160 Å². The molecule has 144 valence electrons. The van der Waals surface area contributed by atoms with Gasteiger partial charge in [-0.25, -0.2) is 0 Å². The Balaban J connectivity index is 2.36. The first-order valence-electron chi connectivity index (χ1n) is 7.56. The molecular formula is C17H16ClNO7S. The van der Waals surface area contributed by atoms with Crippen LogP contribution in [0.1, 0.15) is 22.3 Å². The highest BCUT2D eigenvalue weighted by Gasteiger charge is 2.23. The largest absolute Gasteiger partial charge is 0.507 e. The number of carbonyl (C=O) groups is 2. The summed E-state index contributed by atoms with van der Waals surface area (Å²) in [5.41, 5.74) is 0.244. The van der Waals surface area contributed by atoms with E-state index in [0.29, 0.717) is 5.69 Å². The van der Waals surface area contributed by atoms with E-state index in [1.807, 2.05) is 0 Å². The molecule has 27 heavy (non-hydrogen) atoms. The number of ether oxygens (including phenoxy) is 1. The lowest BCUT2D eigenvalue weighted by molar-refractivity contribution is -0.115. The highest BCUT2D eigenvalue weighted by molar-refractivity contribution is 7.86. The summed E-state index contributed by atoms with van der Waals surface area (Å²) in [5, 5.41) is 12.6. The molecule has 0 bridgehead atoms. The van der Waals surface area contributed by atoms with Crippen molar-refractivity contribution in [3.63, 3.8) is 0 Å². The maximum absolute atomic E-state index is 12.6. The number of ketones is 1. The van der Waals surface area contributed by atoms with E-state index in [1.165, 1.54) is 24.3 Å². The number of aromatic hydroxyl groups is 1. The molecule has 8 nitrogen and oxygen atoms in total. The van der Waals surface area contributed by atoms with E-state index in [0.717, 1.165) is 19.2 Å². The standard InChI is InChI=1S/C17H16ClNO7S/c1-26-14-9-13(20)12(8-15(14)27(23,24)25)17(22)10-2-4-11(5-3-10)19-16(21)6-7-18/h2-5,8-9,20H,6-7H2,1H3,(H,19,21)(H,23,24,25). The Morgan fingerprint density at radius 2 is 1.81 bits per heavy atom. The number of hydrogen-bond donors (Lipinski definition) is 3. The minimum atomic E-state index is -4.67. The lowest BCUT2D eigenvalue weighted by atomic mass is 10.0. The first-order valence-corrected chi connectivity index (χ1v) is 9.54. The second-order valence-corrected chi connectivity index (χ2v) is 7.16. The third-order valence-corrected chi connectivity index (χ3v) is 4.62. The number of phenolic OH excluding ortho intramolecular Hbond substituents is 1. The number of halogens is 1. The van der Waals surface area contributed by atoms with Gasteiger partial charge >= 0.3 is 0 Å². The molecule has 10 heteroatoms. The van der Waals surface area contributed by atoms with E-state index in [4.69, 9.17) is 16.3 Å². The zero-order valence-electron chi connectivity index (χ0n) is 14.1. The van der Waals surface area contributed by atoms with Crippen LogP contribution in [0.3, 0.4) is 0 Å². The van der Waals surface area contributed by atoms with Gasteiger partial charge < -0.3 is 15.2 Å². The summed E-state index contributed by atoms with van der Waals surface area (Å²) in [6.07, 6.45) is 0.139. The van der Waals surface area contributed by atoms with Gasteiger partial charge in [-0.2, -0.15) is 8.42 Å². The molecule has 0 saturated heterocycles. The van der Waals surface area contributed by atoms with E-state index in [-0.39, 0.29) is 35.1 Å². The number of benzene rings is 2. The van der Waals surface area contributed by atoms with Crippen LogP contribution >= 0.6 is 11.6 Å². The number of hydrogen-bond acceptors (Lipinski definition) is 6. The van der Waals surface area contributed by atoms with Crippen LogP contribution in [0.5, 0.6) is 11.5 Å². The van der Waals surface area contributed by atoms with Crippen molar-refractivity contribution in [3.05, 3.63) is 47.5 Å². The summed E-state index contributed by atoms with van der Waals surface area (Å²) in [7, 11) is -3.52. The molecule has 0 aliphatic heterocycles. The van der Waals surface area contributed by atoms with Gasteiger partial charge in [-0.05, 0) is 30.3 Å². The van der Waals surface area contributed by atoms with Crippen molar-refractivity contribution in [1.29, 1.82) is 0 Å². The predicted octanol–water partition coefficient (Wildman–Crippen LogP) is 2.45. The third-order valence-electron chi connectivity index (χ3n) is 3.56. The average molecular weight is 414 g/mol.